The lowest BCUT2D eigenvalue weighted by molar-refractivity contribution is 0.0951. The highest BCUT2D eigenvalue weighted by Crippen LogP contribution is 2.26. The molecule has 4 rings (SSSR count). The Kier molecular flexibility index (Phi) is 6.59. The third-order valence-electron chi connectivity index (χ3n) is 5.45. The van der Waals surface area contributed by atoms with Gasteiger partial charge in [-0.25, -0.2) is 0 Å². The number of hydrogen-bond acceptors (Lipinski definition) is 4. The molecule has 0 aliphatic carbocycles. The molecule has 5 nitrogen and oxygen atoms in total. The maximum absolute atomic E-state index is 12.5. The summed E-state index contributed by atoms with van der Waals surface area (Å²) in [5.74, 6) is 0.364. The van der Waals surface area contributed by atoms with Gasteiger partial charge in [-0.3, -0.25) is 10.1 Å². The zero-order chi connectivity index (χ0) is 21.8. The first-order valence-electron chi connectivity index (χ1n) is 10.3. The average molecular weight is 454 g/mol. The second-order valence-corrected chi connectivity index (χ2v) is 8.51. The number of anilines is 2. The molecule has 1 aliphatic heterocycles. The first-order valence-corrected chi connectivity index (χ1v) is 11.1. The molecule has 1 aliphatic rings. The fourth-order valence-electron chi connectivity index (χ4n) is 3.77. The SMILES string of the molecule is C[C@@H]1CCCCN1c1ccc(NC(=S)NC(=O)c2ccc(-c3ccc(Cl)cc3)o2)cc1. The fourth-order valence-corrected chi connectivity index (χ4v) is 4.11. The molecule has 31 heavy (non-hydrogen) atoms. The lowest BCUT2D eigenvalue weighted by Gasteiger charge is -2.35. The molecule has 0 bridgehead atoms. The summed E-state index contributed by atoms with van der Waals surface area (Å²) in [5.41, 5.74) is 2.87. The number of nitrogens with zero attached hydrogens (tertiary/aromatic N) is 1. The number of carbonyl (C=O) groups excluding carboxylic acids is 1. The highest BCUT2D eigenvalue weighted by Gasteiger charge is 2.18. The second-order valence-electron chi connectivity index (χ2n) is 7.66. The number of thiocarbonyl (C=S) groups is 1. The van der Waals surface area contributed by atoms with Crippen LogP contribution in [0.25, 0.3) is 11.3 Å². The molecule has 1 amide bonds. The van der Waals surface area contributed by atoms with E-state index in [1.54, 1.807) is 24.3 Å². The molecule has 2 N–H and O–H groups in total. The summed E-state index contributed by atoms with van der Waals surface area (Å²) in [6.45, 7) is 3.35. The summed E-state index contributed by atoms with van der Waals surface area (Å²) in [6.07, 6.45) is 3.75. The summed E-state index contributed by atoms with van der Waals surface area (Å²) in [7, 11) is 0. The molecule has 0 radical (unpaired) electrons. The van der Waals surface area contributed by atoms with Crippen molar-refractivity contribution in [3.63, 3.8) is 0 Å². The molecule has 2 aromatic carbocycles. The number of furan rings is 1. The van der Waals surface area contributed by atoms with Gasteiger partial charge in [-0.1, -0.05) is 11.6 Å². The summed E-state index contributed by atoms with van der Waals surface area (Å²) < 4.78 is 5.67. The standard InChI is InChI=1S/C24H24ClN3O2S/c1-16-4-2-3-15-28(16)20-11-9-19(10-12-20)26-24(31)27-23(29)22-14-13-21(30-22)17-5-7-18(25)8-6-17/h5-14,16H,2-4,15H2,1H3,(H2,26,27,29,31)/t16-/m1/s1. The van der Waals surface area contributed by atoms with Gasteiger partial charge in [-0.05, 0) is 99.1 Å². The minimum atomic E-state index is -0.406. The molecule has 7 heteroatoms. The minimum Gasteiger partial charge on any atom is -0.451 e. The zero-order valence-corrected chi connectivity index (χ0v) is 18.8. The van der Waals surface area contributed by atoms with Crippen LogP contribution in [0.4, 0.5) is 11.4 Å². The summed E-state index contributed by atoms with van der Waals surface area (Å²) in [4.78, 5) is 14.9. The predicted molar refractivity (Wildman–Crippen MR) is 130 cm³/mol. The number of rotatable bonds is 4. The molecule has 1 aromatic heterocycles. The maximum Gasteiger partial charge on any atom is 0.293 e. The van der Waals surface area contributed by atoms with Crippen molar-refractivity contribution in [1.29, 1.82) is 0 Å². The van der Waals surface area contributed by atoms with Crippen LogP contribution in [0, 0.1) is 0 Å². The molecule has 2 heterocycles. The van der Waals surface area contributed by atoms with Crippen molar-refractivity contribution >= 4 is 46.2 Å². The third-order valence-corrected chi connectivity index (χ3v) is 5.90. The Morgan fingerprint density at radius 3 is 2.52 bits per heavy atom. The number of benzene rings is 2. The molecular weight excluding hydrogens is 430 g/mol. The van der Waals surface area contributed by atoms with E-state index in [1.165, 1.54) is 24.9 Å². The monoisotopic (exact) mass is 453 g/mol. The maximum atomic E-state index is 12.5. The first kappa shape index (κ1) is 21.4. The van der Waals surface area contributed by atoms with Crippen LogP contribution in [0.15, 0.2) is 65.1 Å². The summed E-state index contributed by atoms with van der Waals surface area (Å²) >= 11 is 11.2. The molecular formula is C24H24ClN3O2S. The van der Waals surface area contributed by atoms with Crippen molar-refractivity contribution in [2.24, 2.45) is 0 Å². The van der Waals surface area contributed by atoms with Crippen LogP contribution in [-0.4, -0.2) is 23.6 Å². The van der Waals surface area contributed by atoms with Crippen molar-refractivity contribution in [2.45, 2.75) is 32.2 Å². The van der Waals surface area contributed by atoms with Crippen molar-refractivity contribution in [3.05, 3.63) is 71.4 Å². The van der Waals surface area contributed by atoms with Gasteiger partial charge in [0, 0.05) is 34.5 Å². The van der Waals surface area contributed by atoms with Crippen LogP contribution >= 0.6 is 23.8 Å². The molecule has 3 aromatic rings. The van der Waals surface area contributed by atoms with Gasteiger partial charge in [0.15, 0.2) is 10.9 Å². The number of amides is 1. The van der Waals surface area contributed by atoms with E-state index in [-0.39, 0.29) is 10.9 Å². The molecule has 1 fully saturated rings. The van der Waals surface area contributed by atoms with E-state index in [0.717, 1.165) is 17.8 Å². The van der Waals surface area contributed by atoms with Crippen LogP contribution in [0.1, 0.15) is 36.7 Å². The lowest BCUT2D eigenvalue weighted by atomic mass is 10.0. The Hall–Kier alpha value is -2.83. The van der Waals surface area contributed by atoms with Crippen molar-refractivity contribution in [1.82, 2.24) is 5.32 Å². The highest BCUT2D eigenvalue weighted by atomic mass is 35.5. The van der Waals surface area contributed by atoms with Crippen LogP contribution in [0.3, 0.4) is 0 Å². The van der Waals surface area contributed by atoms with Gasteiger partial charge in [0.25, 0.3) is 5.91 Å². The van der Waals surface area contributed by atoms with Crippen molar-refractivity contribution < 1.29 is 9.21 Å². The average Bonchev–Trinajstić information content (AvgIpc) is 3.26. The van der Waals surface area contributed by atoms with E-state index >= 15 is 0 Å². The number of halogens is 1. The normalized spacial score (nSPS) is 16.1. The van der Waals surface area contributed by atoms with Gasteiger partial charge in [0.05, 0.1) is 0 Å². The molecule has 0 saturated carbocycles. The summed E-state index contributed by atoms with van der Waals surface area (Å²) in [6, 6.07) is 19.3. The number of piperidine rings is 1. The van der Waals surface area contributed by atoms with E-state index in [2.05, 4.69) is 34.6 Å². The van der Waals surface area contributed by atoms with Crippen LogP contribution in [0.5, 0.6) is 0 Å². The van der Waals surface area contributed by atoms with E-state index in [4.69, 9.17) is 28.2 Å². The van der Waals surface area contributed by atoms with Crippen molar-refractivity contribution in [2.75, 3.05) is 16.8 Å². The highest BCUT2D eigenvalue weighted by molar-refractivity contribution is 7.80. The second kappa shape index (κ2) is 9.54. The molecule has 0 unspecified atom stereocenters. The topological polar surface area (TPSA) is 57.5 Å². The van der Waals surface area contributed by atoms with Gasteiger partial charge in [-0.15, -0.1) is 0 Å². The molecule has 1 atom stereocenters. The Morgan fingerprint density at radius 2 is 1.81 bits per heavy atom. The predicted octanol–water partition coefficient (Wildman–Crippen LogP) is 6.11. The fraction of sp³-hybridized carbons (Fsp3) is 0.250. The van der Waals surface area contributed by atoms with Gasteiger partial charge >= 0.3 is 0 Å². The lowest BCUT2D eigenvalue weighted by Crippen LogP contribution is -2.37. The van der Waals surface area contributed by atoms with E-state index in [1.807, 2.05) is 24.3 Å². The summed E-state index contributed by atoms with van der Waals surface area (Å²) in [5, 5.41) is 6.57. The Balaban J connectivity index is 1.34. The number of nitrogens with one attached hydrogen (secondary N) is 2. The Labute approximate surface area is 192 Å². The number of carbonyl (C=O) groups is 1. The Bertz CT molecular complexity index is 1060. The van der Waals surface area contributed by atoms with Gasteiger partial charge in [0.2, 0.25) is 0 Å². The van der Waals surface area contributed by atoms with Crippen LogP contribution < -0.4 is 15.5 Å². The third kappa shape index (κ3) is 5.27. The van der Waals surface area contributed by atoms with Crippen molar-refractivity contribution in [3.8, 4) is 11.3 Å². The molecule has 1 saturated heterocycles. The van der Waals surface area contributed by atoms with Crippen LogP contribution in [0.2, 0.25) is 5.02 Å². The van der Waals surface area contributed by atoms with Crippen LogP contribution in [-0.2, 0) is 0 Å². The van der Waals surface area contributed by atoms with Gasteiger partial charge in [-0.2, -0.15) is 0 Å². The first-order chi connectivity index (χ1) is 15.0. The quantitative estimate of drug-likeness (QED) is 0.467. The molecule has 0 spiro atoms. The van der Waals surface area contributed by atoms with Gasteiger partial charge < -0.3 is 14.6 Å². The Morgan fingerprint density at radius 1 is 1.06 bits per heavy atom. The zero-order valence-electron chi connectivity index (χ0n) is 17.2. The smallest absolute Gasteiger partial charge is 0.293 e. The largest absolute Gasteiger partial charge is 0.451 e. The molecule has 160 valence electrons. The number of hydrogen-bond donors (Lipinski definition) is 2. The van der Waals surface area contributed by atoms with Gasteiger partial charge in [0.1, 0.15) is 5.76 Å². The van der Waals surface area contributed by atoms with E-state index < -0.39 is 5.91 Å². The van der Waals surface area contributed by atoms with E-state index in [0.29, 0.717) is 16.8 Å². The minimum absolute atomic E-state index is 0.184. The van der Waals surface area contributed by atoms with E-state index in [9.17, 15) is 4.79 Å².